The van der Waals surface area contributed by atoms with E-state index in [-0.39, 0.29) is 11.2 Å². The van der Waals surface area contributed by atoms with Gasteiger partial charge in [-0.05, 0) is 54.0 Å². The van der Waals surface area contributed by atoms with E-state index in [1.54, 1.807) is 0 Å². The minimum Gasteiger partial charge on any atom is -0.289 e. The van der Waals surface area contributed by atoms with Gasteiger partial charge in [-0.3, -0.25) is 4.79 Å². The van der Waals surface area contributed by atoms with Crippen molar-refractivity contribution in [3.05, 3.63) is 88.5 Å². The lowest BCUT2D eigenvalue weighted by atomic mass is 9.70. The number of ketones is 1. The summed E-state index contributed by atoms with van der Waals surface area (Å²) in [7, 11) is 0. The number of hydrogen-bond donors (Lipinski definition) is 0. The Morgan fingerprint density at radius 1 is 0.889 bits per heavy atom. The highest BCUT2D eigenvalue weighted by Crippen LogP contribution is 2.56. The van der Waals surface area contributed by atoms with Crippen molar-refractivity contribution in [3.63, 3.8) is 0 Å². The van der Waals surface area contributed by atoms with Gasteiger partial charge in [0.15, 0.2) is 5.78 Å². The smallest absolute Gasteiger partial charge is 0.193 e. The topological polar surface area (TPSA) is 17.1 Å². The Bertz CT molecular complexity index is 908. The second-order valence-corrected chi connectivity index (χ2v) is 7.85. The summed E-state index contributed by atoms with van der Waals surface area (Å²) in [6.45, 7) is 4.56. The monoisotopic (exact) mass is 356 g/mol. The van der Waals surface area contributed by atoms with Crippen molar-refractivity contribution >= 4 is 11.4 Å². The molecule has 0 fully saturated rings. The molecule has 2 aliphatic rings. The molecular formula is C26H28O. The van der Waals surface area contributed by atoms with Crippen LogP contribution in [0.3, 0.4) is 0 Å². The van der Waals surface area contributed by atoms with Crippen molar-refractivity contribution in [1.29, 1.82) is 0 Å². The largest absolute Gasteiger partial charge is 0.289 e. The molecule has 1 heteroatoms. The highest BCUT2D eigenvalue weighted by Gasteiger charge is 2.44. The lowest BCUT2D eigenvalue weighted by Gasteiger charge is -2.33. The molecule has 27 heavy (non-hydrogen) atoms. The first-order valence-corrected chi connectivity index (χ1v) is 10.4. The molecule has 0 saturated carbocycles. The average Bonchev–Trinajstić information content (AvgIpc) is 2.98. The maximum absolute atomic E-state index is 13.1. The van der Waals surface area contributed by atoms with Gasteiger partial charge in [-0.15, -0.1) is 0 Å². The summed E-state index contributed by atoms with van der Waals surface area (Å²) < 4.78 is 0. The average molecular weight is 357 g/mol. The Hall–Kier alpha value is -2.41. The van der Waals surface area contributed by atoms with Gasteiger partial charge >= 0.3 is 0 Å². The first-order chi connectivity index (χ1) is 13.2. The number of rotatable bonds is 6. The first kappa shape index (κ1) is 18.0. The summed E-state index contributed by atoms with van der Waals surface area (Å²) in [6.07, 6.45) is 11.8. The van der Waals surface area contributed by atoms with Crippen LogP contribution in [0.25, 0.3) is 5.57 Å². The van der Waals surface area contributed by atoms with Crippen LogP contribution in [-0.4, -0.2) is 5.78 Å². The number of carbonyl (C=O) groups is 1. The predicted molar refractivity (Wildman–Crippen MR) is 113 cm³/mol. The SMILES string of the molecule is CCCC1(CCC)C2=CCCC=C2c2ccc(C(=O)c3ccccc3)cc21. The van der Waals surface area contributed by atoms with Crippen LogP contribution in [-0.2, 0) is 5.41 Å². The normalized spacial score (nSPS) is 17.0. The third-order valence-corrected chi connectivity index (χ3v) is 6.15. The molecule has 0 atom stereocenters. The molecule has 0 radical (unpaired) electrons. The summed E-state index contributed by atoms with van der Waals surface area (Å²) in [5.41, 5.74) is 7.35. The molecule has 2 aromatic carbocycles. The molecule has 1 nitrogen and oxygen atoms in total. The van der Waals surface area contributed by atoms with E-state index in [9.17, 15) is 4.79 Å². The summed E-state index contributed by atoms with van der Waals surface area (Å²) >= 11 is 0. The van der Waals surface area contributed by atoms with E-state index in [0.717, 1.165) is 49.7 Å². The molecular weight excluding hydrogens is 328 g/mol. The van der Waals surface area contributed by atoms with Crippen molar-refractivity contribution in [2.45, 2.75) is 57.8 Å². The molecule has 0 aromatic heterocycles. The van der Waals surface area contributed by atoms with Crippen molar-refractivity contribution in [2.24, 2.45) is 0 Å². The fourth-order valence-electron chi connectivity index (χ4n) is 5.12. The quantitative estimate of drug-likeness (QED) is 0.516. The van der Waals surface area contributed by atoms with Crippen LogP contribution < -0.4 is 0 Å². The van der Waals surface area contributed by atoms with Crippen LogP contribution in [0.1, 0.15) is 79.4 Å². The molecule has 0 saturated heterocycles. The minimum absolute atomic E-state index is 0.0814. The van der Waals surface area contributed by atoms with Crippen molar-refractivity contribution < 1.29 is 4.79 Å². The summed E-state index contributed by atoms with van der Waals surface area (Å²) in [4.78, 5) is 13.1. The number of benzene rings is 2. The van der Waals surface area contributed by atoms with E-state index < -0.39 is 0 Å². The summed E-state index contributed by atoms with van der Waals surface area (Å²) in [6, 6.07) is 16.1. The number of fused-ring (bicyclic) bond motifs is 3. The van der Waals surface area contributed by atoms with E-state index in [2.05, 4.69) is 38.1 Å². The van der Waals surface area contributed by atoms with Crippen molar-refractivity contribution in [2.75, 3.05) is 0 Å². The molecule has 0 spiro atoms. The second kappa shape index (κ2) is 7.31. The van der Waals surface area contributed by atoms with Gasteiger partial charge in [-0.1, -0.05) is 81.3 Å². The van der Waals surface area contributed by atoms with Gasteiger partial charge in [0, 0.05) is 16.5 Å². The van der Waals surface area contributed by atoms with Crippen LogP contribution in [0.2, 0.25) is 0 Å². The van der Waals surface area contributed by atoms with Crippen molar-refractivity contribution in [1.82, 2.24) is 0 Å². The van der Waals surface area contributed by atoms with Crippen LogP contribution in [0.15, 0.2) is 66.3 Å². The lowest BCUT2D eigenvalue weighted by molar-refractivity contribution is 0.103. The van der Waals surface area contributed by atoms with Gasteiger partial charge in [0.25, 0.3) is 0 Å². The van der Waals surface area contributed by atoms with Crippen molar-refractivity contribution in [3.8, 4) is 0 Å². The molecule has 0 amide bonds. The van der Waals surface area contributed by atoms with Crippen LogP contribution in [0.4, 0.5) is 0 Å². The van der Waals surface area contributed by atoms with Gasteiger partial charge < -0.3 is 0 Å². The zero-order valence-electron chi connectivity index (χ0n) is 16.4. The fraction of sp³-hybridized carbons (Fsp3) is 0.346. The van der Waals surface area contributed by atoms with Gasteiger partial charge in [0.2, 0.25) is 0 Å². The van der Waals surface area contributed by atoms with Crippen LogP contribution in [0, 0.1) is 0 Å². The molecule has 0 aliphatic heterocycles. The number of allylic oxidation sites excluding steroid dienone is 4. The fourth-order valence-corrected chi connectivity index (χ4v) is 5.12. The Kier molecular flexibility index (Phi) is 4.86. The van der Waals surface area contributed by atoms with Crippen LogP contribution in [0.5, 0.6) is 0 Å². The Morgan fingerprint density at radius 3 is 2.30 bits per heavy atom. The first-order valence-electron chi connectivity index (χ1n) is 10.4. The van der Waals surface area contributed by atoms with Gasteiger partial charge in [0.05, 0.1) is 0 Å². The van der Waals surface area contributed by atoms with Gasteiger partial charge in [0.1, 0.15) is 0 Å². The van der Waals surface area contributed by atoms with E-state index >= 15 is 0 Å². The molecule has 0 heterocycles. The van der Waals surface area contributed by atoms with E-state index in [0.29, 0.717) is 0 Å². The summed E-state index contributed by atoms with van der Waals surface area (Å²) in [5.74, 6) is 0.123. The van der Waals surface area contributed by atoms with E-state index in [1.807, 2.05) is 36.4 Å². The molecule has 2 aromatic rings. The molecule has 138 valence electrons. The molecule has 0 unspecified atom stereocenters. The standard InChI is InChI=1S/C26H28O/c1-3-16-26(17-4-2)23-13-9-8-12-21(23)22-15-14-20(18-24(22)26)25(27)19-10-6-5-7-11-19/h5-7,10-15,18H,3-4,8-9,16-17H2,1-2H3. The Morgan fingerprint density at radius 2 is 1.59 bits per heavy atom. The maximum atomic E-state index is 13.1. The highest BCUT2D eigenvalue weighted by atomic mass is 16.1. The van der Waals surface area contributed by atoms with Gasteiger partial charge in [-0.25, -0.2) is 0 Å². The van der Waals surface area contributed by atoms with Gasteiger partial charge in [-0.2, -0.15) is 0 Å². The lowest BCUT2D eigenvalue weighted by Crippen LogP contribution is -2.26. The Balaban J connectivity index is 1.87. The predicted octanol–water partition coefficient (Wildman–Crippen LogP) is 6.87. The summed E-state index contributed by atoms with van der Waals surface area (Å²) in [5, 5.41) is 0. The zero-order chi connectivity index (χ0) is 18.9. The Labute approximate surface area is 162 Å². The third kappa shape index (κ3) is 2.90. The van der Waals surface area contributed by atoms with E-state index in [1.165, 1.54) is 22.3 Å². The maximum Gasteiger partial charge on any atom is 0.193 e. The van der Waals surface area contributed by atoms with E-state index in [4.69, 9.17) is 0 Å². The number of carbonyl (C=O) groups excluding carboxylic acids is 1. The highest BCUT2D eigenvalue weighted by molar-refractivity contribution is 6.09. The molecule has 4 rings (SSSR count). The number of hydrogen-bond acceptors (Lipinski definition) is 1. The second-order valence-electron chi connectivity index (χ2n) is 7.85. The molecule has 0 N–H and O–H groups in total. The van der Waals surface area contributed by atoms with Crippen LogP contribution >= 0.6 is 0 Å². The third-order valence-electron chi connectivity index (χ3n) is 6.15. The molecule has 2 aliphatic carbocycles. The molecule has 0 bridgehead atoms. The zero-order valence-corrected chi connectivity index (χ0v) is 16.4. The minimum atomic E-state index is 0.0814.